The van der Waals surface area contributed by atoms with Crippen LogP contribution in [0.1, 0.15) is 35.2 Å². The van der Waals surface area contributed by atoms with Crippen LogP contribution in [0.15, 0.2) is 47.4 Å². The van der Waals surface area contributed by atoms with Gasteiger partial charge in [0.1, 0.15) is 0 Å². The van der Waals surface area contributed by atoms with Gasteiger partial charge in [-0.25, -0.2) is 8.42 Å². The van der Waals surface area contributed by atoms with Crippen LogP contribution in [0.25, 0.3) is 0 Å². The first-order chi connectivity index (χ1) is 14.3. The number of nitrogens with zero attached hydrogens (tertiary/aromatic N) is 1. The van der Waals surface area contributed by atoms with Gasteiger partial charge in [-0.1, -0.05) is 41.4 Å². The summed E-state index contributed by atoms with van der Waals surface area (Å²) in [6.45, 7) is 0.955. The average Bonchev–Trinajstić information content (AvgIpc) is 3.29. The zero-order valence-electron chi connectivity index (χ0n) is 16.0. The number of carbonyl (C=O) groups is 2. The SMILES string of the molecule is O=C(CCc1cccc(Cl)c1Cl)NNC(=O)c1cccc(S(=O)(=O)N2CCCC2)c1. The molecule has 1 aliphatic rings. The van der Waals surface area contributed by atoms with E-state index in [0.29, 0.717) is 29.6 Å². The number of sulfonamides is 1. The Morgan fingerprint density at radius 2 is 1.70 bits per heavy atom. The zero-order valence-corrected chi connectivity index (χ0v) is 18.4. The third kappa shape index (κ3) is 5.31. The van der Waals surface area contributed by atoms with Crippen molar-refractivity contribution in [2.75, 3.05) is 13.1 Å². The highest BCUT2D eigenvalue weighted by Gasteiger charge is 2.27. The van der Waals surface area contributed by atoms with Gasteiger partial charge < -0.3 is 0 Å². The van der Waals surface area contributed by atoms with Crippen LogP contribution in [0.3, 0.4) is 0 Å². The monoisotopic (exact) mass is 469 g/mol. The minimum absolute atomic E-state index is 0.0546. The predicted molar refractivity (Wildman–Crippen MR) is 115 cm³/mol. The molecule has 1 saturated heterocycles. The molecule has 1 aliphatic heterocycles. The van der Waals surface area contributed by atoms with E-state index in [1.807, 2.05) is 0 Å². The number of rotatable bonds is 6. The summed E-state index contributed by atoms with van der Waals surface area (Å²) in [5, 5.41) is 0.804. The molecule has 2 amide bonds. The smallest absolute Gasteiger partial charge is 0.269 e. The molecular formula is C20H21Cl2N3O4S. The lowest BCUT2D eigenvalue weighted by Crippen LogP contribution is -2.41. The van der Waals surface area contributed by atoms with Gasteiger partial charge in [-0.3, -0.25) is 20.4 Å². The second-order valence-electron chi connectivity index (χ2n) is 6.85. The topological polar surface area (TPSA) is 95.6 Å². The molecule has 0 aliphatic carbocycles. The Morgan fingerprint density at radius 1 is 1.00 bits per heavy atom. The quantitative estimate of drug-likeness (QED) is 0.634. The van der Waals surface area contributed by atoms with Gasteiger partial charge in [-0.2, -0.15) is 4.31 Å². The number of hydrogen-bond donors (Lipinski definition) is 2. The summed E-state index contributed by atoms with van der Waals surface area (Å²) in [7, 11) is -3.63. The lowest BCUT2D eigenvalue weighted by Gasteiger charge is -2.16. The Kier molecular flexibility index (Phi) is 7.36. The summed E-state index contributed by atoms with van der Waals surface area (Å²) in [5.74, 6) is -1.03. The van der Waals surface area contributed by atoms with Gasteiger partial charge in [-0.05, 0) is 49.1 Å². The number of amides is 2. The molecule has 1 heterocycles. The van der Waals surface area contributed by atoms with Crippen LogP contribution in [-0.2, 0) is 21.2 Å². The predicted octanol–water partition coefficient (Wildman–Crippen LogP) is 3.17. The van der Waals surface area contributed by atoms with Crippen LogP contribution in [0, 0.1) is 0 Å². The second kappa shape index (κ2) is 9.78. The fourth-order valence-electron chi connectivity index (χ4n) is 3.13. The van der Waals surface area contributed by atoms with Gasteiger partial charge in [0.2, 0.25) is 15.9 Å². The molecule has 3 rings (SSSR count). The molecule has 0 saturated carbocycles. The Bertz CT molecular complexity index is 1050. The van der Waals surface area contributed by atoms with Gasteiger partial charge in [0.25, 0.3) is 5.91 Å². The van der Waals surface area contributed by atoms with Crippen molar-refractivity contribution in [3.05, 3.63) is 63.6 Å². The van der Waals surface area contributed by atoms with Crippen molar-refractivity contribution in [1.29, 1.82) is 0 Å². The van der Waals surface area contributed by atoms with E-state index in [1.165, 1.54) is 28.6 Å². The van der Waals surface area contributed by atoms with Crippen LogP contribution in [0.2, 0.25) is 10.0 Å². The third-order valence-electron chi connectivity index (χ3n) is 4.77. The zero-order chi connectivity index (χ0) is 21.7. The largest absolute Gasteiger partial charge is 0.273 e. The van der Waals surface area contributed by atoms with E-state index < -0.39 is 21.8 Å². The van der Waals surface area contributed by atoms with Crippen molar-refractivity contribution < 1.29 is 18.0 Å². The number of hydrogen-bond acceptors (Lipinski definition) is 4. The summed E-state index contributed by atoms with van der Waals surface area (Å²) < 4.78 is 26.7. The number of benzene rings is 2. The van der Waals surface area contributed by atoms with Crippen LogP contribution in [0.4, 0.5) is 0 Å². The first-order valence-corrected chi connectivity index (χ1v) is 11.6. The van der Waals surface area contributed by atoms with Crippen LogP contribution in [0.5, 0.6) is 0 Å². The van der Waals surface area contributed by atoms with E-state index in [4.69, 9.17) is 23.2 Å². The molecule has 0 bridgehead atoms. The molecule has 7 nitrogen and oxygen atoms in total. The Labute approximate surface area is 185 Å². The normalized spacial score (nSPS) is 14.5. The fraction of sp³-hybridized carbons (Fsp3) is 0.300. The van der Waals surface area contributed by atoms with E-state index in [0.717, 1.165) is 18.4 Å². The molecule has 0 spiro atoms. The molecule has 2 N–H and O–H groups in total. The summed E-state index contributed by atoms with van der Waals surface area (Å²) in [6.07, 6.45) is 2.09. The first-order valence-electron chi connectivity index (χ1n) is 9.41. The molecule has 2 aromatic rings. The third-order valence-corrected chi connectivity index (χ3v) is 7.52. The molecule has 10 heteroatoms. The fourth-order valence-corrected chi connectivity index (χ4v) is 5.10. The number of aryl methyl sites for hydroxylation is 1. The van der Waals surface area contributed by atoms with Crippen molar-refractivity contribution in [2.45, 2.75) is 30.6 Å². The highest BCUT2D eigenvalue weighted by atomic mass is 35.5. The van der Waals surface area contributed by atoms with Gasteiger partial charge in [0.05, 0.1) is 14.9 Å². The van der Waals surface area contributed by atoms with Crippen LogP contribution >= 0.6 is 23.2 Å². The molecule has 2 aromatic carbocycles. The Hall–Kier alpha value is -2.13. The molecule has 30 heavy (non-hydrogen) atoms. The molecule has 1 fully saturated rings. The first kappa shape index (κ1) is 22.6. The van der Waals surface area contributed by atoms with Gasteiger partial charge in [0, 0.05) is 25.1 Å². The van der Waals surface area contributed by atoms with Crippen molar-refractivity contribution in [3.63, 3.8) is 0 Å². The lowest BCUT2D eigenvalue weighted by molar-refractivity contribution is -0.121. The standard InChI is InChI=1S/C20H21Cl2N3O4S/c21-17-8-4-5-14(19(17)22)9-10-18(26)23-24-20(27)15-6-3-7-16(13-15)30(28,29)25-11-1-2-12-25/h3-8,13H,1-2,9-12H2,(H,23,26)(H,24,27). The highest BCUT2D eigenvalue weighted by Crippen LogP contribution is 2.26. The van der Waals surface area contributed by atoms with E-state index >= 15 is 0 Å². The maximum absolute atomic E-state index is 12.7. The maximum Gasteiger partial charge on any atom is 0.269 e. The van der Waals surface area contributed by atoms with E-state index in [9.17, 15) is 18.0 Å². The van der Waals surface area contributed by atoms with Crippen LogP contribution < -0.4 is 10.9 Å². The van der Waals surface area contributed by atoms with Crippen molar-refractivity contribution in [1.82, 2.24) is 15.2 Å². The lowest BCUT2D eigenvalue weighted by atomic mass is 10.1. The number of carbonyl (C=O) groups excluding carboxylic acids is 2. The highest BCUT2D eigenvalue weighted by molar-refractivity contribution is 7.89. The van der Waals surface area contributed by atoms with E-state index in [-0.39, 0.29) is 16.9 Å². The molecule has 0 aromatic heterocycles. The molecular weight excluding hydrogens is 449 g/mol. The van der Waals surface area contributed by atoms with Crippen molar-refractivity contribution in [2.24, 2.45) is 0 Å². The van der Waals surface area contributed by atoms with Crippen LogP contribution in [-0.4, -0.2) is 37.6 Å². The number of nitrogens with one attached hydrogen (secondary N) is 2. The minimum Gasteiger partial charge on any atom is -0.273 e. The summed E-state index contributed by atoms with van der Waals surface area (Å²) in [5.41, 5.74) is 5.49. The molecule has 0 atom stereocenters. The summed E-state index contributed by atoms with van der Waals surface area (Å²) in [4.78, 5) is 24.4. The molecule has 0 unspecified atom stereocenters. The molecule has 160 valence electrons. The van der Waals surface area contributed by atoms with Gasteiger partial charge in [0.15, 0.2) is 0 Å². The van der Waals surface area contributed by atoms with Crippen molar-refractivity contribution >= 4 is 45.0 Å². The number of halogens is 2. The van der Waals surface area contributed by atoms with E-state index in [2.05, 4.69) is 10.9 Å². The second-order valence-corrected chi connectivity index (χ2v) is 9.58. The van der Waals surface area contributed by atoms with E-state index in [1.54, 1.807) is 18.2 Å². The minimum atomic E-state index is -3.63. The van der Waals surface area contributed by atoms with Crippen molar-refractivity contribution in [3.8, 4) is 0 Å². The summed E-state index contributed by atoms with van der Waals surface area (Å²) in [6, 6.07) is 10.9. The molecule has 0 radical (unpaired) electrons. The Balaban J connectivity index is 1.57. The number of hydrazine groups is 1. The summed E-state index contributed by atoms with van der Waals surface area (Å²) >= 11 is 12.0. The average molecular weight is 470 g/mol. The van der Waals surface area contributed by atoms with Gasteiger partial charge in [-0.15, -0.1) is 0 Å². The Morgan fingerprint density at radius 3 is 2.43 bits per heavy atom. The maximum atomic E-state index is 12.7. The van der Waals surface area contributed by atoms with Gasteiger partial charge >= 0.3 is 0 Å².